The summed E-state index contributed by atoms with van der Waals surface area (Å²) in [6, 6.07) is 7.90. The van der Waals surface area contributed by atoms with Crippen LogP contribution in [0.25, 0.3) is 0 Å². The molecule has 0 saturated heterocycles. The Morgan fingerprint density at radius 2 is 1.95 bits per heavy atom. The Morgan fingerprint density at radius 3 is 2.45 bits per heavy atom. The van der Waals surface area contributed by atoms with E-state index in [1.807, 2.05) is 49.7 Å². The number of carbonyl (C=O) groups is 1. The van der Waals surface area contributed by atoms with Gasteiger partial charge >= 0.3 is 0 Å². The lowest BCUT2D eigenvalue weighted by atomic mass is 10.1. The number of nitrogens with zero attached hydrogens (tertiary/aromatic N) is 2. The zero-order chi connectivity index (χ0) is 16.3. The molecule has 0 aliphatic heterocycles. The zero-order valence-electron chi connectivity index (χ0n) is 13.5. The van der Waals surface area contributed by atoms with Gasteiger partial charge in [-0.15, -0.1) is 0 Å². The summed E-state index contributed by atoms with van der Waals surface area (Å²) in [4.78, 5) is 12.1. The van der Waals surface area contributed by atoms with Crippen molar-refractivity contribution >= 4 is 21.8 Å². The highest BCUT2D eigenvalue weighted by Gasteiger charge is 2.10. The number of amides is 1. The third kappa shape index (κ3) is 3.77. The predicted molar refractivity (Wildman–Crippen MR) is 92.2 cm³/mol. The summed E-state index contributed by atoms with van der Waals surface area (Å²) in [5.41, 5.74) is 3.91. The lowest BCUT2D eigenvalue weighted by Gasteiger charge is -2.11. The van der Waals surface area contributed by atoms with Gasteiger partial charge in [0.15, 0.2) is 0 Å². The van der Waals surface area contributed by atoms with E-state index < -0.39 is 0 Å². The maximum Gasteiger partial charge on any atom is 0.251 e. The highest BCUT2D eigenvalue weighted by Crippen LogP contribution is 2.20. The molecule has 0 spiro atoms. The average molecular weight is 364 g/mol. The van der Waals surface area contributed by atoms with Gasteiger partial charge in [-0.3, -0.25) is 9.48 Å². The molecule has 1 aromatic carbocycles. The Morgan fingerprint density at radius 1 is 1.32 bits per heavy atom. The molecule has 2 aromatic rings. The fourth-order valence-electron chi connectivity index (χ4n) is 2.17. The van der Waals surface area contributed by atoms with Gasteiger partial charge < -0.3 is 5.32 Å². The standard InChI is InChI=1S/C17H22BrN3O/c1-5-11(2)19-17(22)15-8-6-14(7-9-15)10-21-13(4)16(18)12(3)20-21/h6-9,11H,5,10H2,1-4H3,(H,19,22). The maximum atomic E-state index is 12.1. The van der Waals surface area contributed by atoms with Crippen LogP contribution < -0.4 is 5.32 Å². The van der Waals surface area contributed by atoms with Gasteiger partial charge in [0.2, 0.25) is 0 Å². The van der Waals surface area contributed by atoms with Gasteiger partial charge in [0.25, 0.3) is 5.91 Å². The molecule has 0 radical (unpaired) electrons. The molecule has 0 saturated carbocycles. The van der Waals surface area contributed by atoms with E-state index >= 15 is 0 Å². The third-order valence-electron chi connectivity index (χ3n) is 3.83. The first-order valence-corrected chi connectivity index (χ1v) is 8.31. The second-order valence-electron chi connectivity index (χ2n) is 5.62. The fourth-order valence-corrected chi connectivity index (χ4v) is 2.46. The number of nitrogens with one attached hydrogen (secondary N) is 1. The van der Waals surface area contributed by atoms with E-state index in [2.05, 4.69) is 33.3 Å². The molecule has 0 bridgehead atoms. The van der Waals surface area contributed by atoms with Crippen LogP contribution in [0.15, 0.2) is 28.7 Å². The number of hydrogen-bond acceptors (Lipinski definition) is 2. The summed E-state index contributed by atoms with van der Waals surface area (Å²) < 4.78 is 3.02. The Hall–Kier alpha value is -1.62. The minimum absolute atomic E-state index is 0.0187. The van der Waals surface area contributed by atoms with E-state index in [-0.39, 0.29) is 11.9 Å². The van der Waals surface area contributed by atoms with Gasteiger partial charge in [-0.05, 0) is 60.8 Å². The van der Waals surface area contributed by atoms with Crippen molar-refractivity contribution in [3.63, 3.8) is 0 Å². The Balaban J connectivity index is 2.09. The number of aromatic nitrogens is 2. The molecule has 1 heterocycles. The van der Waals surface area contributed by atoms with Crippen LogP contribution in [0.5, 0.6) is 0 Å². The number of halogens is 1. The molecule has 2 rings (SSSR count). The molecule has 1 N–H and O–H groups in total. The Labute approximate surface area is 140 Å². The molecule has 5 heteroatoms. The van der Waals surface area contributed by atoms with E-state index in [1.165, 1.54) is 0 Å². The summed E-state index contributed by atoms with van der Waals surface area (Å²) in [5, 5.41) is 7.48. The molecule has 0 aliphatic carbocycles. The van der Waals surface area contributed by atoms with E-state index in [9.17, 15) is 4.79 Å². The summed E-state index contributed by atoms with van der Waals surface area (Å²) in [6.07, 6.45) is 0.927. The normalized spacial score (nSPS) is 12.2. The predicted octanol–water partition coefficient (Wildman–Crippen LogP) is 3.84. The van der Waals surface area contributed by atoms with Crippen molar-refractivity contribution in [2.75, 3.05) is 0 Å². The van der Waals surface area contributed by atoms with Crippen molar-refractivity contribution < 1.29 is 4.79 Å². The van der Waals surface area contributed by atoms with Gasteiger partial charge in [-0.1, -0.05) is 19.1 Å². The van der Waals surface area contributed by atoms with Crippen molar-refractivity contribution in [1.29, 1.82) is 0 Å². The summed E-state index contributed by atoms with van der Waals surface area (Å²) in [6.45, 7) is 8.78. The summed E-state index contributed by atoms with van der Waals surface area (Å²) in [7, 11) is 0. The van der Waals surface area contributed by atoms with E-state index in [0.717, 1.165) is 27.8 Å². The first-order valence-electron chi connectivity index (χ1n) is 7.51. The lowest BCUT2D eigenvalue weighted by Crippen LogP contribution is -2.31. The second-order valence-corrected chi connectivity index (χ2v) is 6.42. The van der Waals surface area contributed by atoms with Crippen LogP contribution in [0, 0.1) is 13.8 Å². The average Bonchev–Trinajstić information content (AvgIpc) is 2.75. The molecule has 1 aromatic heterocycles. The Kier molecular flexibility index (Phi) is 5.40. The molecular weight excluding hydrogens is 342 g/mol. The van der Waals surface area contributed by atoms with Crippen LogP contribution >= 0.6 is 15.9 Å². The molecule has 22 heavy (non-hydrogen) atoms. The molecule has 1 atom stereocenters. The van der Waals surface area contributed by atoms with Crippen molar-refractivity contribution in [3.05, 3.63) is 51.3 Å². The van der Waals surface area contributed by atoms with E-state index in [4.69, 9.17) is 0 Å². The number of aryl methyl sites for hydroxylation is 1. The minimum atomic E-state index is -0.0187. The number of hydrogen-bond donors (Lipinski definition) is 1. The first-order chi connectivity index (χ1) is 10.4. The van der Waals surface area contributed by atoms with Crippen LogP contribution in [-0.2, 0) is 6.54 Å². The molecule has 118 valence electrons. The monoisotopic (exact) mass is 363 g/mol. The molecule has 0 aliphatic rings. The van der Waals surface area contributed by atoms with Gasteiger partial charge in [-0.2, -0.15) is 5.10 Å². The highest BCUT2D eigenvalue weighted by molar-refractivity contribution is 9.10. The fraction of sp³-hybridized carbons (Fsp3) is 0.412. The van der Waals surface area contributed by atoms with Gasteiger partial charge in [-0.25, -0.2) is 0 Å². The third-order valence-corrected chi connectivity index (χ3v) is 4.98. The smallest absolute Gasteiger partial charge is 0.251 e. The quantitative estimate of drug-likeness (QED) is 0.876. The van der Waals surface area contributed by atoms with Crippen molar-refractivity contribution in [2.24, 2.45) is 0 Å². The highest BCUT2D eigenvalue weighted by atomic mass is 79.9. The summed E-state index contributed by atoms with van der Waals surface area (Å²) >= 11 is 3.54. The van der Waals surface area contributed by atoms with E-state index in [1.54, 1.807) is 0 Å². The number of rotatable bonds is 5. The topological polar surface area (TPSA) is 46.9 Å². The molecule has 1 amide bonds. The van der Waals surface area contributed by atoms with Gasteiger partial charge in [0.05, 0.1) is 22.4 Å². The lowest BCUT2D eigenvalue weighted by molar-refractivity contribution is 0.0939. The van der Waals surface area contributed by atoms with Crippen LogP contribution in [0.2, 0.25) is 0 Å². The molecular formula is C17H22BrN3O. The number of benzene rings is 1. The van der Waals surface area contributed by atoms with Crippen molar-refractivity contribution in [1.82, 2.24) is 15.1 Å². The van der Waals surface area contributed by atoms with E-state index in [0.29, 0.717) is 12.1 Å². The summed E-state index contributed by atoms with van der Waals surface area (Å²) in [5.74, 6) is -0.0187. The second kappa shape index (κ2) is 7.09. The Bertz CT molecular complexity index is 661. The SMILES string of the molecule is CCC(C)NC(=O)c1ccc(Cn2nc(C)c(Br)c2C)cc1. The van der Waals surface area contributed by atoms with Crippen LogP contribution in [0.4, 0.5) is 0 Å². The van der Waals surface area contributed by atoms with Crippen LogP contribution in [0.1, 0.15) is 47.6 Å². The largest absolute Gasteiger partial charge is 0.350 e. The molecule has 4 nitrogen and oxygen atoms in total. The first kappa shape index (κ1) is 16.7. The molecule has 1 unspecified atom stereocenters. The maximum absolute atomic E-state index is 12.1. The van der Waals surface area contributed by atoms with Crippen LogP contribution in [0.3, 0.4) is 0 Å². The zero-order valence-corrected chi connectivity index (χ0v) is 15.1. The van der Waals surface area contributed by atoms with Gasteiger partial charge in [0.1, 0.15) is 0 Å². The molecule has 0 fully saturated rings. The van der Waals surface area contributed by atoms with Crippen molar-refractivity contribution in [2.45, 2.75) is 46.7 Å². The van der Waals surface area contributed by atoms with Crippen LogP contribution in [-0.4, -0.2) is 21.7 Å². The van der Waals surface area contributed by atoms with Gasteiger partial charge in [0, 0.05) is 11.6 Å². The minimum Gasteiger partial charge on any atom is -0.350 e. The number of carbonyl (C=O) groups excluding carboxylic acids is 1. The van der Waals surface area contributed by atoms with Crippen molar-refractivity contribution in [3.8, 4) is 0 Å².